The molecule has 2 heteroatoms. The molecule has 1 aliphatic heterocycles. The zero-order valence-corrected chi connectivity index (χ0v) is 7.56. The summed E-state index contributed by atoms with van der Waals surface area (Å²) < 4.78 is 0. The minimum absolute atomic E-state index is 0.597. The highest BCUT2D eigenvalue weighted by Crippen LogP contribution is 2.37. The van der Waals surface area contributed by atoms with Crippen molar-refractivity contribution in [1.29, 1.82) is 0 Å². The van der Waals surface area contributed by atoms with E-state index >= 15 is 0 Å². The summed E-state index contributed by atoms with van der Waals surface area (Å²) in [5, 5.41) is 1.80. The molecule has 1 heterocycles. The van der Waals surface area contributed by atoms with Crippen LogP contribution in [0.5, 0.6) is 0 Å². The van der Waals surface area contributed by atoms with E-state index in [9.17, 15) is 0 Å². The summed E-state index contributed by atoms with van der Waals surface area (Å²) in [7, 11) is 0. The van der Waals surface area contributed by atoms with Crippen LogP contribution in [0.15, 0.2) is 28.9 Å². The number of thioether (sulfide) groups is 1. The van der Waals surface area contributed by atoms with Gasteiger partial charge in [0.2, 0.25) is 0 Å². The van der Waals surface area contributed by atoms with Crippen LogP contribution in [0.25, 0.3) is 0 Å². The van der Waals surface area contributed by atoms with Crippen molar-refractivity contribution in [3.05, 3.63) is 23.9 Å². The molecule has 2 rings (SSSR count). The van der Waals surface area contributed by atoms with Gasteiger partial charge in [0.15, 0.2) is 0 Å². The second-order valence-electron chi connectivity index (χ2n) is 3.00. The third kappa shape index (κ3) is 1.16. The molecule has 0 spiro atoms. The number of fused-ring (bicyclic) bond motifs is 1. The first kappa shape index (κ1) is 7.17. The molecule has 0 bridgehead atoms. The fraction of sp³-hybridized carbons (Fsp3) is 0.444. The molecule has 0 saturated carbocycles. The predicted molar refractivity (Wildman–Crippen MR) is 50.9 cm³/mol. The van der Waals surface area contributed by atoms with Gasteiger partial charge in [-0.1, -0.05) is 19.1 Å². The molecule has 0 saturated heterocycles. The summed E-state index contributed by atoms with van der Waals surface area (Å²) >= 11 is 1.89. The third-order valence-corrected chi connectivity index (χ3v) is 3.39. The first-order valence-corrected chi connectivity index (χ1v) is 4.75. The van der Waals surface area contributed by atoms with Crippen LogP contribution in [0, 0.1) is 5.92 Å². The number of nitrogens with zero attached hydrogens (tertiary/aromatic N) is 1. The van der Waals surface area contributed by atoms with Gasteiger partial charge in [-0.25, -0.2) is 0 Å². The second kappa shape index (κ2) is 2.52. The third-order valence-electron chi connectivity index (χ3n) is 2.03. The Hall–Kier alpha value is -0.500. The Kier molecular flexibility index (Phi) is 1.64. The van der Waals surface area contributed by atoms with E-state index in [1.807, 2.05) is 11.8 Å². The van der Waals surface area contributed by atoms with Gasteiger partial charge in [-0.05, 0) is 18.9 Å². The maximum atomic E-state index is 4.45. The Balaban J connectivity index is 2.31. The molecule has 2 atom stereocenters. The van der Waals surface area contributed by atoms with Crippen molar-refractivity contribution >= 4 is 16.8 Å². The molecule has 1 aliphatic carbocycles. The van der Waals surface area contributed by atoms with Gasteiger partial charge in [0.1, 0.15) is 0 Å². The number of hydrogen-bond donors (Lipinski definition) is 0. The zero-order chi connectivity index (χ0) is 7.84. The van der Waals surface area contributed by atoms with Crippen molar-refractivity contribution < 1.29 is 0 Å². The first-order valence-electron chi connectivity index (χ1n) is 3.88. The van der Waals surface area contributed by atoms with Crippen LogP contribution in [0.3, 0.4) is 0 Å². The molecule has 0 aromatic rings. The van der Waals surface area contributed by atoms with Gasteiger partial charge in [0.25, 0.3) is 0 Å². The van der Waals surface area contributed by atoms with Crippen LogP contribution in [-0.2, 0) is 0 Å². The highest BCUT2D eigenvalue weighted by atomic mass is 32.2. The molecular formula is C9H11NS. The summed E-state index contributed by atoms with van der Waals surface area (Å²) in [5.74, 6) is 0.640. The summed E-state index contributed by atoms with van der Waals surface area (Å²) in [6, 6.07) is 0. The Labute approximate surface area is 71.3 Å². The number of rotatable bonds is 0. The smallest absolute Gasteiger partial charge is 0.0710 e. The minimum Gasteiger partial charge on any atom is -0.250 e. The maximum Gasteiger partial charge on any atom is 0.0710 e. The van der Waals surface area contributed by atoms with E-state index in [-0.39, 0.29) is 0 Å². The summed E-state index contributed by atoms with van der Waals surface area (Å²) in [6.07, 6.45) is 6.47. The Morgan fingerprint density at radius 2 is 2.36 bits per heavy atom. The Morgan fingerprint density at radius 3 is 3.09 bits per heavy atom. The molecule has 0 aromatic carbocycles. The Morgan fingerprint density at radius 1 is 1.55 bits per heavy atom. The van der Waals surface area contributed by atoms with Crippen molar-refractivity contribution in [2.24, 2.45) is 10.9 Å². The van der Waals surface area contributed by atoms with Crippen molar-refractivity contribution in [2.45, 2.75) is 19.1 Å². The molecule has 2 unspecified atom stereocenters. The van der Waals surface area contributed by atoms with Gasteiger partial charge in [0, 0.05) is 0 Å². The summed E-state index contributed by atoms with van der Waals surface area (Å²) in [4.78, 5) is 4.45. The lowest BCUT2D eigenvalue weighted by molar-refractivity contribution is 0.726. The lowest BCUT2D eigenvalue weighted by atomic mass is 10.0. The van der Waals surface area contributed by atoms with E-state index in [0.717, 1.165) is 0 Å². The van der Waals surface area contributed by atoms with Crippen LogP contribution in [0.1, 0.15) is 13.8 Å². The van der Waals surface area contributed by atoms with Crippen molar-refractivity contribution in [3.63, 3.8) is 0 Å². The Bertz CT molecular complexity index is 263. The van der Waals surface area contributed by atoms with E-state index in [4.69, 9.17) is 0 Å². The van der Waals surface area contributed by atoms with Gasteiger partial charge in [-0.3, -0.25) is 4.99 Å². The lowest BCUT2D eigenvalue weighted by Crippen LogP contribution is -2.13. The molecule has 58 valence electrons. The number of allylic oxidation sites excluding steroid dienone is 3. The summed E-state index contributed by atoms with van der Waals surface area (Å²) in [6.45, 7) is 4.33. The molecule has 0 aromatic heterocycles. The molecule has 1 nitrogen and oxygen atoms in total. The largest absolute Gasteiger partial charge is 0.250 e. The molecule has 0 amide bonds. The number of aliphatic imine (C=N–C) groups is 1. The average molecular weight is 165 g/mol. The van der Waals surface area contributed by atoms with E-state index < -0.39 is 0 Å². The van der Waals surface area contributed by atoms with Crippen LogP contribution in [-0.4, -0.2) is 10.3 Å². The zero-order valence-electron chi connectivity index (χ0n) is 6.74. The monoisotopic (exact) mass is 165 g/mol. The SMILES string of the molecule is CC1=NC2=CC=CC(C)C2S1. The standard InChI is InChI=1S/C9H11NS/c1-6-4-3-5-8-9(6)11-7(2)10-8/h3-6,9H,1-2H3. The molecular weight excluding hydrogens is 154 g/mol. The van der Waals surface area contributed by atoms with Crippen LogP contribution in [0.2, 0.25) is 0 Å². The molecule has 0 radical (unpaired) electrons. The highest BCUT2D eigenvalue weighted by Gasteiger charge is 2.27. The molecule has 0 fully saturated rings. The van der Waals surface area contributed by atoms with Gasteiger partial charge in [0.05, 0.1) is 16.0 Å². The number of hydrogen-bond acceptors (Lipinski definition) is 2. The lowest BCUT2D eigenvalue weighted by Gasteiger charge is -2.17. The van der Waals surface area contributed by atoms with E-state index in [1.165, 1.54) is 10.7 Å². The second-order valence-corrected chi connectivity index (χ2v) is 4.34. The molecule has 11 heavy (non-hydrogen) atoms. The fourth-order valence-electron chi connectivity index (χ4n) is 1.46. The van der Waals surface area contributed by atoms with Crippen LogP contribution in [0.4, 0.5) is 0 Å². The first-order chi connectivity index (χ1) is 5.27. The van der Waals surface area contributed by atoms with Gasteiger partial charge in [-0.2, -0.15) is 0 Å². The minimum atomic E-state index is 0.597. The van der Waals surface area contributed by atoms with Gasteiger partial charge >= 0.3 is 0 Å². The fourth-order valence-corrected chi connectivity index (χ4v) is 2.54. The predicted octanol–water partition coefficient (Wildman–Crippen LogP) is 2.61. The quantitative estimate of drug-likeness (QED) is 0.537. The van der Waals surface area contributed by atoms with Gasteiger partial charge in [-0.15, -0.1) is 11.8 Å². The molecule has 2 aliphatic rings. The normalized spacial score (nSPS) is 34.7. The van der Waals surface area contributed by atoms with Crippen LogP contribution >= 0.6 is 11.8 Å². The molecule has 0 N–H and O–H groups in total. The summed E-state index contributed by atoms with van der Waals surface area (Å²) in [5.41, 5.74) is 1.25. The van der Waals surface area contributed by atoms with E-state index in [2.05, 4.69) is 37.1 Å². The van der Waals surface area contributed by atoms with Crippen molar-refractivity contribution in [3.8, 4) is 0 Å². The topological polar surface area (TPSA) is 12.4 Å². The van der Waals surface area contributed by atoms with Gasteiger partial charge < -0.3 is 0 Å². The van der Waals surface area contributed by atoms with Crippen LogP contribution < -0.4 is 0 Å². The van der Waals surface area contributed by atoms with E-state index in [0.29, 0.717) is 11.2 Å². The highest BCUT2D eigenvalue weighted by molar-refractivity contribution is 8.14. The van der Waals surface area contributed by atoms with E-state index in [1.54, 1.807) is 0 Å². The van der Waals surface area contributed by atoms with Crippen molar-refractivity contribution in [2.75, 3.05) is 0 Å². The maximum absolute atomic E-state index is 4.45. The van der Waals surface area contributed by atoms with Crippen molar-refractivity contribution in [1.82, 2.24) is 0 Å². The average Bonchev–Trinajstić information content (AvgIpc) is 2.31.